The Morgan fingerprint density at radius 1 is 1.14 bits per heavy atom. The summed E-state index contributed by atoms with van der Waals surface area (Å²) >= 11 is 1.75. The summed E-state index contributed by atoms with van der Waals surface area (Å²) in [6.07, 6.45) is 9.10. The highest BCUT2D eigenvalue weighted by Crippen LogP contribution is 2.37. The zero-order chi connectivity index (χ0) is 19.8. The number of benzene rings is 1. The molecule has 2 N–H and O–H groups in total. The number of aromatic amines is 1. The van der Waals surface area contributed by atoms with Gasteiger partial charge in [0.25, 0.3) is 5.56 Å². The van der Waals surface area contributed by atoms with Gasteiger partial charge in [-0.2, -0.15) is 0 Å². The Kier molecular flexibility index (Phi) is 5.28. The largest absolute Gasteiger partial charge is 0.382 e. The Morgan fingerprint density at radius 2 is 1.89 bits per heavy atom. The number of aryl methyl sites for hydroxylation is 2. The fraction of sp³-hybridized carbons (Fsp3) is 0.435. The molecule has 4 rings (SSSR count). The van der Waals surface area contributed by atoms with Gasteiger partial charge in [0.1, 0.15) is 5.52 Å². The minimum atomic E-state index is 0.0173. The highest BCUT2D eigenvalue weighted by atomic mass is 32.2. The second-order valence-corrected chi connectivity index (χ2v) is 9.09. The molecule has 0 atom stereocenters. The van der Waals surface area contributed by atoms with Crippen LogP contribution >= 0.6 is 11.8 Å². The second-order valence-electron chi connectivity index (χ2n) is 8.21. The van der Waals surface area contributed by atoms with Crippen molar-refractivity contribution in [2.24, 2.45) is 13.0 Å². The van der Waals surface area contributed by atoms with E-state index >= 15 is 0 Å². The van der Waals surface area contributed by atoms with Crippen molar-refractivity contribution in [3.8, 4) is 11.1 Å². The lowest BCUT2D eigenvalue weighted by atomic mass is 9.87. The van der Waals surface area contributed by atoms with E-state index in [4.69, 9.17) is 0 Å². The molecule has 3 aromatic rings. The summed E-state index contributed by atoms with van der Waals surface area (Å²) in [6, 6.07) is 9.24. The maximum atomic E-state index is 12.6. The van der Waals surface area contributed by atoms with Crippen LogP contribution in [-0.4, -0.2) is 21.8 Å². The van der Waals surface area contributed by atoms with Crippen LogP contribution in [0.4, 0.5) is 5.69 Å². The maximum absolute atomic E-state index is 12.6. The van der Waals surface area contributed by atoms with Crippen molar-refractivity contribution in [1.82, 2.24) is 9.55 Å². The third-order valence-electron chi connectivity index (χ3n) is 5.99. The van der Waals surface area contributed by atoms with E-state index in [1.165, 1.54) is 36.1 Å². The normalized spacial score (nSPS) is 19.9. The standard InChI is InChI=1S/C23H29N3OS/c1-14-5-7-16(8-6-14)25-21-10-9-17(28-4)12-18(21)20-13-26(3)23(27)22-19(20)11-15(2)24-22/h9-14,16,24-25H,5-8H2,1-4H3. The molecule has 0 aliphatic heterocycles. The van der Waals surface area contributed by atoms with E-state index in [-0.39, 0.29) is 5.56 Å². The van der Waals surface area contributed by atoms with Crippen LogP contribution in [0.1, 0.15) is 38.3 Å². The number of anilines is 1. The van der Waals surface area contributed by atoms with Crippen molar-refractivity contribution in [2.45, 2.75) is 50.5 Å². The van der Waals surface area contributed by atoms with Gasteiger partial charge in [-0.05, 0) is 69.0 Å². The molecule has 5 heteroatoms. The molecule has 1 fully saturated rings. The average molecular weight is 396 g/mol. The topological polar surface area (TPSA) is 49.8 Å². The number of nitrogens with one attached hydrogen (secondary N) is 2. The quantitative estimate of drug-likeness (QED) is 0.569. The van der Waals surface area contributed by atoms with Gasteiger partial charge < -0.3 is 14.9 Å². The van der Waals surface area contributed by atoms with Crippen molar-refractivity contribution < 1.29 is 0 Å². The SMILES string of the molecule is CSc1ccc(NC2CCC(C)CC2)c(-c2cn(C)c(=O)c3[nH]c(C)cc23)c1. The molecule has 2 aromatic heterocycles. The van der Waals surface area contributed by atoms with Gasteiger partial charge in [0, 0.05) is 52.1 Å². The van der Waals surface area contributed by atoms with Crippen LogP contribution in [0.3, 0.4) is 0 Å². The van der Waals surface area contributed by atoms with Crippen molar-refractivity contribution in [2.75, 3.05) is 11.6 Å². The first-order valence-corrected chi connectivity index (χ1v) is 11.3. The third-order valence-corrected chi connectivity index (χ3v) is 6.72. The molecule has 0 bridgehead atoms. The van der Waals surface area contributed by atoms with E-state index in [1.807, 2.05) is 20.2 Å². The van der Waals surface area contributed by atoms with E-state index in [9.17, 15) is 4.79 Å². The summed E-state index contributed by atoms with van der Waals surface area (Å²) in [4.78, 5) is 17.1. The van der Waals surface area contributed by atoms with E-state index in [0.717, 1.165) is 28.2 Å². The highest BCUT2D eigenvalue weighted by molar-refractivity contribution is 7.98. The van der Waals surface area contributed by atoms with Crippen LogP contribution in [0.15, 0.2) is 40.2 Å². The number of rotatable bonds is 4. The van der Waals surface area contributed by atoms with Crippen molar-refractivity contribution in [3.05, 3.63) is 46.5 Å². The molecule has 28 heavy (non-hydrogen) atoms. The van der Waals surface area contributed by atoms with Crippen LogP contribution in [0.2, 0.25) is 0 Å². The first-order chi connectivity index (χ1) is 13.5. The summed E-state index contributed by atoms with van der Waals surface area (Å²) in [5.74, 6) is 0.836. The smallest absolute Gasteiger partial charge is 0.274 e. The highest BCUT2D eigenvalue weighted by Gasteiger charge is 2.20. The summed E-state index contributed by atoms with van der Waals surface area (Å²) < 4.78 is 1.69. The molecule has 0 saturated heterocycles. The number of nitrogens with zero attached hydrogens (tertiary/aromatic N) is 1. The molecule has 0 amide bonds. The second kappa shape index (κ2) is 7.70. The van der Waals surface area contributed by atoms with Crippen molar-refractivity contribution in [3.63, 3.8) is 0 Å². The number of pyridine rings is 1. The monoisotopic (exact) mass is 395 g/mol. The number of aromatic nitrogens is 2. The van der Waals surface area contributed by atoms with Crippen LogP contribution < -0.4 is 10.9 Å². The van der Waals surface area contributed by atoms with Gasteiger partial charge in [0.2, 0.25) is 0 Å². The first-order valence-electron chi connectivity index (χ1n) is 10.1. The summed E-state index contributed by atoms with van der Waals surface area (Å²) in [7, 11) is 1.83. The van der Waals surface area contributed by atoms with Crippen LogP contribution in [0.5, 0.6) is 0 Å². The molecule has 0 radical (unpaired) electrons. The predicted octanol–water partition coefficient (Wildman–Crippen LogP) is 5.55. The molecule has 1 aromatic carbocycles. The Morgan fingerprint density at radius 3 is 2.61 bits per heavy atom. The van der Waals surface area contributed by atoms with Gasteiger partial charge in [-0.15, -0.1) is 11.8 Å². The van der Waals surface area contributed by atoms with Gasteiger partial charge in [0.05, 0.1) is 0 Å². The summed E-state index contributed by atoms with van der Waals surface area (Å²) in [5.41, 5.74) is 5.15. The lowest BCUT2D eigenvalue weighted by Gasteiger charge is -2.29. The zero-order valence-corrected chi connectivity index (χ0v) is 18.0. The minimum absolute atomic E-state index is 0.0173. The lowest BCUT2D eigenvalue weighted by Crippen LogP contribution is -2.25. The average Bonchev–Trinajstić information content (AvgIpc) is 3.09. The van der Waals surface area contributed by atoms with Gasteiger partial charge in [-0.3, -0.25) is 4.79 Å². The van der Waals surface area contributed by atoms with Gasteiger partial charge in [-0.1, -0.05) is 6.92 Å². The molecule has 0 unspecified atom stereocenters. The third kappa shape index (κ3) is 3.60. The predicted molar refractivity (Wildman–Crippen MR) is 121 cm³/mol. The van der Waals surface area contributed by atoms with E-state index in [2.05, 4.69) is 47.7 Å². The fourth-order valence-electron chi connectivity index (χ4n) is 4.31. The Balaban J connectivity index is 1.84. The zero-order valence-electron chi connectivity index (χ0n) is 17.1. The number of thioether (sulfide) groups is 1. The molecular weight excluding hydrogens is 366 g/mol. The molecule has 1 aliphatic rings. The molecule has 2 heterocycles. The van der Waals surface area contributed by atoms with Crippen LogP contribution in [0.25, 0.3) is 22.0 Å². The molecular formula is C23H29N3OS. The fourth-order valence-corrected chi connectivity index (χ4v) is 4.75. The van der Waals surface area contributed by atoms with E-state index < -0.39 is 0 Å². The Labute approximate surface area is 170 Å². The number of H-pyrrole nitrogens is 1. The molecule has 4 nitrogen and oxygen atoms in total. The summed E-state index contributed by atoms with van der Waals surface area (Å²) in [6.45, 7) is 4.36. The number of hydrogen-bond donors (Lipinski definition) is 2. The van der Waals surface area contributed by atoms with E-state index in [1.54, 1.807) is 16.3 Å². The van der Waals surface area contributed by atoms with Crippen LogP contribution in [0, 0.1) is 12.8 Å². The molecule has 1 saturated carbocycles. The maximum Gasteiger partial charge on any atom is 0.274 e. The molecule has 1 aliphatic carbocycles. The van der Waals surface area contributed by atoms with Crippen molar-refractivity contribution in [1.29, 1.82) is 0 Å². The Bertz CT molecular complexity index is 1060. The lowest BCUT2D eigenvalue weighted by molar-refractivity contribution is 0.361. The van der Waals surface area contributed by atoms with E-state index in [0.29, 0.717) is 11.6 Å². The van der Waals surface area contributed by atoms with Gasteiger partial charge in [-0.25, -0.2) is 0 Å². The van der Waals surface area contributed by atoms with Gasteiger partial charge in [0.15, 0.2) is 0 Å². The Hall–Kier alpha value is -2.14. The minimum Gasteiger partial charge on any atom is -0.382 e. The number of hydrogen-bond acceptors (Lipinski definition) is 3. The molecule has 148 valence electrons. The number of fused-ring (bicyclic) bond motifs is 1. The molecule has 0 spiro atoms. The summed E-state index contributed by atoms with van der Waals surface area (Å²) in [5, 5.41) is 4.82. The van der Waals surface area contributed by atoms with Crippen molar-refractivity contribution >= 4 is 28.4 Å². The van der Waals surface area contributed by atoms with Gasteiger partial charge >= 0.3 is 0 Å². The first kappa shape index (κ1) is 19.2. The van der Waals surface area contributed by atoms with Crippen LogP contribution in [-0.2, 0) is 7.05 Å².